The van der Waals surface area contributed by atoms with Crippen molar-refractivity contribution in [2.75, 3.05) is 11.9 Å². The van der Waals surface area contributed by atoms with Gasteiger partial charge < -0.3 is 25.6 Å². The average molecular weight is 609 g/mol. The van der Waals surface area contributed by atoms with Crippen LogP contribution in [0, 0.1) is 19.8 Å². The van der Waals surface area contributed by atoms with Gasteiger partial charge >= 0.3 is 5.97 Å². The number of imidazole rings is 1. The largest absolute Gasteiger partial charge is 0.480 e. The van der Waals surface area contributed by atoms with Crippen LogP contribution in [0.4, 0.5) is 5.95 Å². The minimum Gasteiger partial charge on any atom is -0.480 e. The number of amides is 1. The molecule has 1 aromatic heterocycles. The number of oxime groups is 1. The molecule has 1 aliphatic carbocycles. The quantitative estimate of drug-likeness (QED) is 0.195. The smallest absolute Gasteiger partial charge is 0.324 e. The molecule has 5 N–H and O–H groups in total. The molecule has 13 heteroatoms. The highest BCUT2D eigenvalue weighted by molar-refractivity contribution is 7.89. The summed E-state index contributed by atoms with van der Waals surface area (Å²) in [5.74, 6) is -0.341. The number of nitrogens with one attached hydrogen (secondary N) is 4. The second kappa shape index (κ2) is 12.6. The third kappa shape index (κ3) is 6.73. The number of hydrogen-bond acceptors (Lipinski definition) is 8. The minimum atomic E-state index is -4.32. The van der Waals surface area contributed by atoms with E-state index in [-0.39, 0.29) is 17.0 Å². The molecular formula is C30H36N6O6S. The van der Waals surface area contributed by atoms with E-state index in [4.69, 9.17) is 4.84 Å². The van der Waals surface area contributed by atoms with Gasteiger partial charge in [-0.25, -0.2) is 13.4 Å². The van der Waals surface area contributed by atoms with E-state index in [1.165, 1.54) is 0 Å². The topological polar surface area (TPSA) is 175 Å². The molecule has 1 spiro atoms. The van der Waals surface area contributed by atoms with Crippen LogP contribution in [0.25, 0.3) is 11.1 Å². The van der Waals surface area contributed by atoms with Gasteiger partial charge in [0, 0.05) is 25.4 Å². The first kappa shape index (κ1) is 30.2. The van der Waals surface area contributed by atoms with Crippen molar-refractivity contribution in [3.05, 3.63) is 66.0 Å². The zero-order chi connectivity index (χ0) is 30.6. The molecule has 0 saturated heterocycles. The Balaban J connectivity index is 1.30. The van der Waals surface area contributed by atoms with Gasteiger partial charge in [-0.1, -0.05) is 47.6 Å². The number of carboxylic acids is 1. The van der Waals surface area contributed by atoms with Gasteiger partial charge in [0.2, 0.25) is 16.4 Å². The average Bonchev–Trinajstić information content (AvgIpc) is 3.65. The predicted octanol–water partition coefficient (Wildman–Crippen LogP) is 3.36. The van der Waals surface area contributed by atoms with Crippen molar-refractivity contribution < 1.29 is 28.0 Å². The second-order valence-corrected chi connectivity index (χ2v) is 13.0. The fourth-order valence-electron chi connectivity index (χ4n) is 6.11. The predicted molar refractivity (Wildman–Crippen MR) is 161 cm³/mol. The molecule has 1 unspecified atom stereocenters. The van der Waals surface area contributed by atoms with E-state index in [9.17, 15) is 23.1 Å². The highest BCUT2D eigenvalue weighted by Crippen LogP contribution is 2.41. The minimum absolute atomic E-state index is 0.00848. The summed E-state index contributed by atoms with van der Waals surface area (Å²) < 4.78 is 29.7. The monoisotopic (exact) mass is 608 g/mol. The van der Waals surface area contributed by atoms with Crippen LogP contribution >= 0.6 is 0 Å². The summed E-state index contributed by atoms with van der Waals surface area (Å²) in [6.07, 6.45) is 7.16. The number of nitrogens with zero attached hydrogens (tertiary/aromatic N) is 2. The molecule has 1 saturated carbocycles. The highest BCUT2D eigenvalue weighted by Gasteiger charge is 2.47. The fraction of sp³-hybridized carbons (Fsp3) is 0.400. The van der Waals surface area contributed by atoms with Crippen LogP contribution < -0.4 is 15.4 Å². The summed E-state index contributed by atoms with van der Waals surface area (Å²) in [6, 6.07) is 10.1. The van der Waals surface area contributed by atoms with Gasteiger partial charge in [0.05, 0.1) is 16.6 Å². The van der Waals surface area contributed by atoms with Gasteiger partial charge in [-0.15, -0.1) is 0 Å². The number of aromatic amines is 1. The maximum Gasteiger partial charge on any atom is 0.324 e. The third-order valence-corrected chi connectivity index (χ3v) is 10.0. The van der Waals surface area contributed by atoms with Crippen molar-refractivity contribution in [3.63, 3.8) is 0 Å². The van der Waals surface area contributed by atoms with Crippen molar-refractivity contribution >= 4 is 34.1 Å². The lowest BCUT2D eigenvalue weighted by Gasteiger charge is -2.35. The number of aromatic nitrogens is 2. The van der Waals surface area contributed by atoms with Crippen LogP contribution in [-0.2, 0) is 24.4 Å². The molecule has 12 nitrogen and oxygen atoms in total. The first-order valence-electron chi connectivity index (χ1n) is 14.2. The molecule has 5 rings (SSSR count). The number of benzene rings is 2. The molecule has 2 aromatic carbocycles. The number of carbonyl (C=O) groups excluding carboxylic acids is 1. The van der Waals surface area contributed by atoms with Crippen LogP contribution in [0.5, 0.6) is 0 Å². The number of anilines is 1. The first-order valence-corrected chi connectivity index (χ1v) is 15.7. The lowest BCUT2D eigenvalue weighted by molar-refractivity contribution is -0.139. The maximum atomic E-state index is 13.7. The summed E-state index contributed by atoms with van der Waals surface area (Å²) in [4.78, 5) is 37.2. The molecule has 2 atom stereocenters. The molecule has 43 heavy (non-hydrogen) atoms. The lowest BCUT2D eigenvalue weighted by Crippen LogP contribution is -2.57. The van der Waals surface area contributed by atoms with E-state index in [1.54, 1.807) is 38.4 Å². The molecule has 3 aromatic rings. The third-order valence-electron chi connectivity index (χ3n) is 8.26. The Hall–Kier alpha value is -4.23. The SMILES string of the molecule is Cc1cc(-c2ccccc2)cc(C)c1S(=O)(=O)N[C@H](C(=O)O)C(NC=O)C1=NOC2(CCC(CNc3ncc[nH]3)CC2)C1. The number of aryl methyl sites for hydroxylation is 2. The van der Waals surface area contributed by atoms with Crippen LogP contribution in [0.1, 0.15) is 43.2 Å². The molecule has 0 radical (unpaired) electrons. The van der Waals surface area contributed by atoms with E-state index in [0.29, 0.717) is 42.2 Å². The van der Waals surface area contributed by atoms with E-state index >= 15 is 0 Å². The Kier molecular flexibility index (Phi) is 8.83. The number of hydrogen-bond donors (Lipinski definition) is 5. The van der Waals surface area contributed by atoms with Gasteiger partial charge in [0.1, 0.15) is 11.6 Å². The fourth-order valence-corrected chi connectivity index (χ4v) is 7.77. The summed E-state index contributed by atoms with van der Waals surface area (Å²) in [6.45, 7) is 4.09. The highest BCUT2D eigenvalue weighted by atomic mass is 32.2. The summed E-state index contributed by atoms with van der Waals surface area (Å²) in [5, 5.41) is 20.1. The molecular weight excluding hydrogens is 572 g/mol. The number of carboxylic acid groups (broad SMARTS) is 1. The van der Waals surface area contributed by atoms with Gasteiger partial charge in [0.15, 0.2) is 5.95 Å². The van der Waals surface area contributed by atoms with Crippen LogP contribution in [-0.4, -0.2) is 65.8 Å². The maximum absolute atomic E-state index is 13.7. The molecule has 1 fully saturated rings. The molecule has 2 heterocycles. The van der Waals surface area contributed by atoms with Crippen molar-refractivity contribution in [2.24, 2.45) is 11.1 Å². The Morgan fingerprint density at radius 1 is 1.16 bits per heavy atom. The summed E-state index contributed by atoms with van der Waals surface area (Å²) in [7, 11) is -4.32. The molecule has 0 bridgehead atoms. The number of carbonyl (C=O) groups is 2. The van der Waals surface area contributed by atoms with Crippen molar-refractivity contribution in [3.8, 4) is 11.1 Å². The zero-order valence-electron chi connectivity index (χ0n) is 24.0. The summed E-state index contributed by atoms with van der Waals surface area (Å²) >= 11 is 0. The zero-order valence-corrected chi connectivity index (χ0v) is 24.9. The van der Waals surface area contributed by atoms with Gasteiger partial charge in [-0.3, -0.25) is 9.59 Å². The number of sulfonamides is 1. The van der Waals surface area contributed by atoms with Crippen LogP contribution in [0.2, 0.25) is 0 Å². The summed E-state index contributed by atoms with van der Waals surface area (Å²) in [5.41, 5.74) is 2.37. The standard InChI is InChI=1S/C30H36N6O6S/c1-19-14-23(22-6-4-3-5-7-22)15-20(2)27(19)43(40,41)36-26(28(38)39)25(34-18-37)24-16-30(42-35-24)10-8-21(9-11-30)17-33-29-31-12-13-32-29/h3-7,12-15,18,21,25-26,36H,8-11,16-17H2,1-2H3,(H,34,37)(H,38,39)(H2,31,32,33)/t21?,25?,26-,30?/m0/s1. The van der Waals surface area contributed by atoms with Crippen molar-refractivity contribution in [2.45, 2.75) is 68.5 Å². The van der Waals surface area contributed by atoms with Gasteiger partial charge in [-0.05, 0) is 67.7 Å². The molecule has 1 aliphatic heterocycles. The molecule has 228 valence electrons. The number of aliphatic carboxylic acids is 1. The van der Waals surface area contributed by atoms with Crippen molar-refractivity contribution in [1.82, 2.24) is 20.0 Å². The second-order valence-electron chi connectivity index (χ2n) is 11.3. The van der Waals surface area contributed by atoms with E-state index in [2.05, 4.69) is 30.5 Å². The van der Waals surface area contributed by atoms with E-state index < -0.39 is 33.7 Å². The van der Waals surface area contributed by atoms with E-state index in [0.717, 1.165) is 30.5 Å². The lowest BCUT2D eigenvalue weighted by atomic mass is 9.75. The van der Waals surface area contributed by atoms with Crippen molar-refractivity contribution in [1.29, 1.82) is 0 Å². The Morgan fingerprint density at radius 2 is 1.86 bits per heavy atom. The normalized spacial score (nSPS) is 21.4. The first-order chi connectivity index (χ1) is 20.6. The Labute approximate surface area is 250 Å². The van der Waals surface area contributed by atoms with Gasteiger partial charge in [-0.2, -0.15) is 4.72 Å². The van der Waals surface area contributed by atoms with Gasteiger partial charge in [0.25, 0.3) is 0 Å². The molecule has 2 aliphatic rings. The van der Waals surface area contributed by atoms with Crippen LogP contribution in [0.3, 0.4) is 0 Å². The number of rotatable bonds is 12. The van der Waals surface area contributed by atoms with E-state index in [1.807, 2.05) is 30.3 Å². The Morgan fingerprint density at radius 3 is 2.47 bits per heavy atom. The Bertz CT molecular complexity index is 1560. The molecule has 1 amide bonds. The van der Waals surface area contributed by atoms with Crippen LogP contribution in [0.15, 0.2) is 64.9 Å². The number of H-pyrrole nitrogens is 1.